The number of hydrogen-bond acceptors (Lipinski definition) is 5. The first-order chi connectivity index (χ1) is 11.8. The second kappa shape index (κ2) is 5.48. The van der Waals surface area contributed by atoms with Crippen LogP contribution in [0, 0.1) is 16.7 Å². The lowest BCUT2D eigenvalue weighted by Gasteiger charge is -2.06. The van der Waals surface area contributed by atoms with Gasteiger partial charge in [-0.25, -0.2) is 4.68 Å². The Labute approximate surface area is 136 Å². The van der Waals surface area contributed by atoms with E-state index in [1.54, 1.807) is 0 Å². The first kappa shape index (κ1) is 13.9. The molecule has 2 aromatic heterocycles. The normalized spacial score (nSPS) is 10.6. The Morgan fingerprint density at radius 1 is 1.00 bits per heavy atom. The SMILES string of the molecule is N#Cc1c(=N)n(-c2ccccc2)nc2c(-c3ccccc3)noc12. The Bertz CT molecular complexity index is 1120. The maximum Gasteiger partial charge on any atom is 0.209 e. The van der Waals surface area contributed by atoms with Gasteiger partial charge in [-0.05, 0) is 12.1 Å². The molecule has 0 aliphatic carbocycles. The Hall–Kier alpha value is -3.72. The fourth-order valence-electron chi connectivity index (χ4n) is 2.55. The van der Waals surface area contributed by atoms with Crippen molar-refractivity contribution < 1.29 is 4.52 Å². The molecule has 0 saturated carbocycles. The summed E-state index contributed by atoms with van der Waals surface area (Å²) in [7, 11) is 0. The van der Waals surface area contributed by atoms with Gasteiger partial charge in [0, 0.05) is 5.56 Å². The molecule has 0 atom stereocenters. The summed E-state index contributed by atoms with van der Waals surface area (Å²) in [5.74, 6) is 0. The molecule has 114 valence electrons. The van der Waals surface area contributed by atoms with Crippen LogP contribution in [0.15, 0.2) is 65.2 Å². The highest BCUT2D eigenvalue weighted by atomic mass is 16.5. The first-order valence-electron chi connectivity index (χ1n) is 7.28. The molecule has 24 heavy (non-hydrogen) atoms. The van der Waals surface area contributed by atoms with Gasteiger partial charge < -0.3 is 4.52 Å². The van der Waals surface area contributed by atoms with Crippen LogP contribution < -0.4 is 5.49 Å². The van der Waals surface area contributed by atoms with Gasteiger partial charge in [0.1, 0.15) is 17.3 Å². The molecular formula is C18H11N5O. The Balaban J connectivity index is 2.08. The van der Waals surface area contributed by atoms with Gasteiger partial charge in [-0.3, -0.25) is 5.41 Å². The van der Waals surface area contributed by atoms with Gasteiger partial charge in [-0.15, -0.1) is 0 Å². The zero-order valence-corrected chi connectivity index (χ0v) is 12.5. The standard InChI is InChI=1S/C18H11N5O/c19-11-14-17-16(15(22-24-17)12-7-3-1-4-8-12)21-23(18(14)20)13-9-5-2-6-10-13/h1-10,20H. The summed E-state index contributed by atoms with van der Waals surface area (Å²) in [4.78, 5) is 0. The van der Waals surface area contributed by atoms with E-state index in [-0.39, 0.29) is 16.6 Å². The van der Waals surface area contributed by atoms with Gasteiger partial charge in [0.15, 0.2) is 11.0 Å². The number of rotatable bonds is 2. The summed E-state index contributed by atoms with van der Waals surface area (Å²) in [6, 6.07) is 20.8. The van der Waals surface area contributed by atoms with Crippen molar-refractivity contribution in [2.45, 2.75) is 0 Å². The number of nitriles is 1. The van der Waals surface area contributed by atoms with E-state index in [1.807, 2.05) is 66.7 Å². The highest BCUT2D eigenvalue weighted by Gasteiger charge is 2.19. The summed E-state index contributed by atoms with van der Waals surface area (Å²) in [5, 5.41) is 26.3. The molecule has 0 radical (unpaired) electrons. The van der Waals surface area contributed by atoms with E-state index < -0.39 is 0 Å². The smallest absolute Gasteiger partial charge is 0.209 e. The van der Waals surface area contributed by atoms with E-state index >= 15 is 0 Å². The molecule has 1 N–H and O–H groups in total. The second-order valence-corrected chi connectivity index (χ2v) is 5.16. The topological polar surface area (TPSA) is 91.5 Å². The third-order valence-corrected chi connectivity index (χ3v) is 3.70. The van der Waals surface area contributed by atoms with Crippen LogP contribution >= 0.6 is 0 Å². The summed E-state index contributed by atoms with van der Waals surface area (Å²) < 4.78 is 6.75. The molecule has 0 aliphatic heterocycles. The lowest BCUT2D eigenvalue weighted by atomic mass is 10.1. The van der Waals surface area contributed by atoms with Crippen LogP contribution in [0.4, 0.5) is 0 Å². The molecule has 0 amide bonds. The lowest BCUT2D eigenvalue weighted by molar-refractivity contribution is 0.457. The van der Waals surface area contributed by atoms with Gasteiger partial charge in [0.25, 0.3) is 0 Å². The molecule has 0 spiro atoms. The van der Waals surface area contributed by atoms with Gasteiger partial charge >= 0.3 is 0 Å². The molecule has 2 heterocycles. The predicted octanol–water partition coefficient (Wildman–Crippen LogP) is 3.03. The fourth-order valence-corrected chi connectivity index (χ4v) is 2.55. The van der Waals surface area contributed by atoms with Gasteiger partial charge in [0.05, 0.1) is 5.69 Å². The van der Waals surface area contributed by atoms with E-state index in [4.69, 9.17) is 9.93 Å². The fraction of sp³-hybridized carbons (Fsp3) is 0. The quantitative estimate of drug-likeness (QED) is 0.615. The average Bonchev–Trinajstić information content (AvgIpc) is 3.06. The number of fused-ring (bicyclic) bond motifs is 1. The maximum atomic E-state index is 9.47. The average molecular weight is 313 g/mol. The van der Waals surface area contributed by atoms with Gasteiger partial charge in [0.2, 0.25) is 5.58 Å². The summed E-state index contributed by atoms with van der Waals surface area (Å²) in [6.45, 7) is 0. The van der Waals surface area contributed by atoms with Crippen molar-refractivity contribution in [3.05, 3.63) is 71.7 Å². The molecule has 4 aromatic rings. The lowest BCUT2D eigenvalue weighted by Crippen LogP contribution is -2.24. The highest BCUT2D eigenvalue weighted by molar-refractivity contribution is 5.90. The molecule has 0 saturated heterocycles. The summed E-state index contributed by atoms with van der Waals surface area (Å²) >= 11 is 0. The molecule has 6 nitrogen and oxygen atoms in total. The van der Waals surface area contributed by atoms with Crippen molar-refractivity contribution in [2.75, 3.05) is 0 Å². The third-order valence-electron chi connectivity index (χ3n) is 3.70. The van der Waals surface area contributed by atoms with Crippen LogP contribution in [0.2, 0.25) is 0 Å². The van der Waals surface area contributed by atoms with Crippen LogP contribution in [0.5, 0.6) is 0 Å². The minimum Gasteiger partial charge on any atom is -0.352 e. The molecule has 0 aliphatic rings. The maximum absolute atomic E-state index is 9.47. The Morgan fingerprint density at radius 2 is 1.67 bits per heavy atom. The number of hydrogen-bond donors (Lipinski definition) is 1. The second-order valence-electron chi connectivity index (χ2n) is 5.16. The van der Waals surface area contributed by atoms with Crippen molar-refractivity contribution in [3.63, 3.8) is 0 Å². The van der Waals surface area contributed by atoms with E-state index in [9.17, 15) is 5.26 Å². The molecule has 4 rings (SSSR count). The minimum absolute atomic E-state index is 0.0352. The van der Waals surface area contributed by atoms with Crippen molar-refractivity contribution in [1.29, 1.82) is 10.7 Å². The van der Waals surface area contributed by atoms with Crippen LogP contribution in [0.25, 0.3) is 28.0 Å². The number of para-hydroxylation sites is 1. The molecule has 0 fully saturated rings. The van der Waals surface area contributed by atoms with Crippen LogP contribution in [-0.2, 0) is 0 Å². The Morgan fingerprint density at radius 3 is 2.33 bits per heavy atom. The third kappa shape index (κ3) is 2.08. The Kier molecular flexibility index (Phi) is 3.18. The molecule has 0 bridgehead atoms. The van der Waals surface area contributed by atoms with E-state index in [0.717, 1.165) is 5.56 Å². The van der Waals surface area contributed by atoms with Crippen molar-refractivity contribution in [2.24, 2.45) is 0 Å². The first-order valence-corrected chi connectivity index (χ1v) is 7.28. The summed E-state index contributed by atoms with van der Waals surface area (Å²) in [5.41, 5.74) is 2.84. The van der Waals surface area contributed by atoms with Gasteiger partial charge in [-0.2, -0.15) is 10.4 Å². The van der Waals surface area contributed by atoms with Crippen molar-refractivity contribution in [3.8, 4) is 23.0 Å². The van der Waals surface area contributed by atoms with E-state index in [0.29, 0.717) is 16.9 Å². The van der Waals surface area contributed by atoms with E-state index in [2.05, 4.69) is 10.3 Å². The monoisotopic (exact) mass is 313 g/mol. The van der Waals surface area contributed by atoms with E-state index in [1.165, 1.54) is 4.68 Å². The molecule has 2 aromatic carbocycles. The van der Waals surface area contributed by atoms with Crippen LogP contribution in [-0.4, -0.2) is 14.9 Å². The largest absolute Gasteiger partial charge is 0.352 e. The number of benzene rings is 2. The molecular weight excluding hydrogens is 302 g/mol. The highest BCUT2D eigenvalue weighted by Crippen LogP contribution is 2.27. The molecule has 0 unspecified atom stereocenters. The zero-order valence-electron chi connectivity index (χ0n) is 12.5. The number of nitrogens with zero attached hydrogens (tertiary/aromatic N) is 4. The number of aromatic nitrogens is 3. The van der Waals surface area contributed by atoms with Crippen molar-refractivity contribution >= 4 is 11.1 Å². The van der Waals surface area contributed by atoms with Crippen LogP contribution in [0.3, 0.4) is 0 Å². The van der Waals surface area contributed by atoms with Crippen molar-refractivity contribution in [1.82, 2.24) is 14.9 Å². The van der Waals surface area contributed by atoms with Gasteiger partial charge in [-0.1, -0.05) is 53.7 Å². The minimum atomic E-state index is -0.0352. The van der Waals surface area contributed by atoms with Crippen LogP contribution in [0.1, 0.15) is 5.56 Å². The zero-order chi connectivity index (χ0) is 16.5. The number of nitrogens with one attached hydrogen (secondary N) is 1. The molecule has 6 heteroatoms. The predicted molar refractivity (Wildman–Crippen MR) is 87.1 cm³/mol. The summed E-state index contributed by atoms with van der Waals surface area (Å²) in [6.07, 6.45) is 0.